The molecule has 3 nitrogen and oxygen atoms in total. The standard InChI is InChI=1S/C13H19NO2/c1-6-11(13(15)16-5)7-12-8(2)9(3)14-10(12)4/h7,14H,6H2,1-5H3/b11-7+. The van der Waals surface area contributed by atoms with Gasteiger partial charge in [-0.25, -0.2) is 4.79 Å². The lowest BCUT2D eigenvalue weighted by Crippen LogP contribution is -2.03. The maximum absolute atomic E-state index is 11.5. The highest BCUT2D eigenvalue weighted by molar-refractivity contribution is 5.94. The fourth-order valence-electron chi connectivity index (χ4n) is 1.75. The molecule has 0 aliphatic carbocycles. The van der Waals surface area contributed by atoms with E-state index < -0.39 is 0 Å². The Morgan fingerprint density at radius 3 is 2.31 bits per heavy atom. The second kappa shape index (κ2) is 5.01. The third-order valence-corrected chi connectivity index (χ3v) is 2.89. The van der Waals surface area contributed by atoms with Crippen molar-refractivity contribution in [2.24, 2.45) is 0 Å². The molecule has 3 heteroatoms. The summed E-state index contributed by atoms with van der Waals surface area (Å²) in [7, 11) is 1.41. The predicted molar refractivity (Wildman–Crippen MR) is 65.3 cm³/mol. The first-order chi connectivity index (χ1) is 7.51. The maximum Gasteiger partial charge on any atom is 0.333 e. The van der Waals surface area contributed by atoms with E-state index in [1.807, 2.05) is 26.8 Å². The number of nitrogens with one attached hydrogen (secondary N) is 1. The number of esters is 1. The highest BCUT2D eigenvalue weighted by atomic mass is 16.5. The van der Waals surface area contributed by atoms with Crippen LogP contribution in [-0.4, -0.2) is 18.1 Å². The summed E-state index contributed by atoms with van der Waals surface area (Å²) in [5.74, 6) is -0.250. The van der Waals surface area contributed by atoms with Gasteiger partial charge in [-0.2, -0.15) is 0 Å². The van der Waals surface area contributed by atoms with Gasteiger partial charge < -0.3 is 9.72 Å². The van der Waals surface area contributed by atoms with Crippen LogP contribution in [0.1, 0.15) is 35.9 Å². The second-order valence-corrected chi connectivity index (χ2v) is 3.93. The lowest BCUT2D eigenvalue weighted by Gasteiger charge is -2.03. The number of ether oxygens (including phenoxy) is 1. The molecule has 1 heterocycles. The number of aromatic amines is 1. The number of aryl methyl sites for hydroxylation is 2. The first kappa shape index (κ1) is 12.6. The molecule has 1 N–H and O–H groups in total. The number of aromatic nitrogens is 1. The fraction of sp³-hybridized carbons (Fsp3) is 0.462. The van der Waals surface area contributed by atoms with E-state index in [2.05, 4.69) is 11.9 Å². The molecule has 1 rings (SSSR count). The van der Waals surface area contributed by atoms with Gasteiger partial charge in [0.25, 0.3) is 0 Å². The van der Waals surface area contributed by atoms with Crippen molar-refractivity contribution < 1.29 is 9.53 Å². The van der Waals surface area contributed by atoms with Crippen molar-refractivity contribution in [1.82, 2.24) is 4.98 Å². The van der Waals surface area contributed by atoms with Gasteiger partial charge in [-0.3, -0.25) is 0 Å². The number of methoxy groups -OCH3 is 1. The minimum absolute atomic E-state index is 0.250. The number of hydrogen-bond acceptors (Lipinski definition) is 2. The molecule has 0 saturated carbocycles. The zero-order valence-electron chi connectivity index (χ0n) is 10.6. The predicted octanol–water partition coefficient (Wildman–Crippen LogP) is 2.91. The van der Waals surface area contributed by atoms with Crippen molar-refractivity contribution >= 4 is 12.0 Å². The number of carbonyl (C=O) groups excluding carboxylic acids is 1. The minimum atomic E-state index is -0.250. The summed E-state index contributed by atoms with van der Waals surface area (Å²) >= 11 is 0. The second-order valence-electron chi connectivity index (χ2n) is 3.93. The molecule has 0 atom stereocenters. The Morgan fingerprint density at radius 1 is 1.31 bits per heavy atom. The lowest BCUT2D eigenvalue weighted by atomic mass is 10.1. The van der Waals surface area contributed by atoms with Crippen LogP contribution in [0.3, 0.4) is 0 Å². The summed E-state index contributed by atoms with van der Waals surface area (Å²) in [6, 6.07) is 0. The van der Waals surface area contributed by atoms with Gasteiger partial charge >= 0.3 is 5.97 Å². The third kappa shape index (κ3) is 2.35. The van der Waals surface area contributed by atoms with Crippen LogP contribution in [-0.2, 0) is 9.53 Å². The summed E-state index contributed by atoms with van der Waals surface area (Å²) in [5.41, 5.74) is 5.22. The van der Waals surface area contributed by atoms with Gasteiger partial charge in [0, 0.05) is 17.0 Å². The van der Waals surface area contributed by atoms with Crippen LogP contribution in [0, 0.1) is 20.8 Å². The van der Waals surface area contributed by atoms with E-state index in [0.717, 1.165) is 17.0 Å². The average molecular weight is 221 g/mol. The Balaban J connectivity index is 3.18. The van der Waals surface area contributed by atoms with Crippen molar-refractivity contribution in [2.75, 3.05) is 7.11 Å². The van der Waals surface area contributed by atoms with E-state index in [-0.39, 0.29) is 5.97 Å². The summed E-state index contributed by atoms with van der Waals surface area (Å²) in [5, 5.41) is 0. The van der Waals surface area contributed by atoms with Crippen molar-refractivity contribution in [3.05, 3.63) is 28.1 Å². The van der Waals surface area contributed by atoms with Gasteiger partial charge in [-0.1, -0.05) is 6.92 Å². The Morgan fingerprint density at radius 2 is 1.94 bits per heavy atom. The smallest absolute Gasteiger partial charge is 0.333 e. The Hall–Kier alpha value is -1.51. The lowest BCUT2D eigenvalue weighted by molar-refractivity contribution is -0.136. The van der Waals surface area contributed by atoms with E-state index in [1.54, 1.807) is 0 Å². The van der Waals surface area contributed by atoms with E-state index in [1.165, 1.54) is 12.7 Å². The molecule has 0 aliphatic rings. The summed E-state index contributed by atoms with van der Waals surface area (Å²) in [4.78, 5) is 14.7. The molecule has 0 aromatic carbocycles. The van der Waals surface area contributed by atoms with Crippen molar-refractivity contribution in [2.45, 2.75) is 34.1 Å². The van der Waals surface area contributed by atoms with Crippen LogP contribution < -0.4 is 0 Å². The molecular formula is C13H19NO2. The quantitative estimate of drug-likeness (QED) is 0.630. The van der Waals surface area contributed by atoms with E-state index in [0.29, 0.717) is 12.0 Å². The van der Waals surface area contributed by atoms with Gasteiger partial charge in [0.2, 0.25) is 0 Å². The van der Waals surface area contributed by atoms with Crippen molar-refractivity contribution in [3.8, 4) is 0 Å². The van der Waals surface area contributed by atoms with Crippen LogP contribution in [0.4, 0.5) is 0 Å². The minimum Gasteiger partial charge on any atom is -0.466 e. The normalized spacial score (nSPS) is 11.7. The molecule has 1 aromatic rings. The molecule has 0 radical (unpaired) electrons. The van der Waals surface area contributed by atoms with E-state index in [4.69, 9.17) is 4.74 Å². The van der Waals surface area contributed by atoms with Crippen LogP contribution in [0.5, 0.6) is 0 Å². The average Bonchev–Trinajstić information content (AvgIpc) is 2.50. The molecule has 0 spiro atoms. The summed E-state index contributed by atoms with van der Waals surface area (Å²) in [6.07, 6.45) is 2.59. The van der Waals surface area contributed by atoms with Crippen LogP contribution in [0.2, 0.25) is 0 Å². The van der Waals surface area contributed by atoms with Gasteiger partial charge in [-0.05, 0) is 44.4 Å². The highest BCUT2D eigenvalue weighted by Crippen LogP contribution is 2.21. The molecule has 0 aliphatic heterocycles. The summed E-state index contributed by atoms with van der Waals surface area (Å²) < 4.78 is 4.74. The number of H-pyrrole nitrogens is 1. The summed E-state index contributed by atoms with van der Waals surface area (Å²) in [6.45, 7) is 8.04. The zero-order valence-corrected chi connectivity index (χ0v) is 10.6. The van der Waals surface area contributed by atoms with Crippen LogP contribution in [0.15, 0.2) is 5.57 Å². The monoisotopic (exact) mass is 221 g/mol. The largest absolute Gasteiger partial charge is 0.466 e. The zero-order chi connectivity index (χ0) is 12.3. The van der Waals surface area contributed by atoms with E-state index >= 15 is 0 Å². The number of hydrogen-bond donors (Lipinski definition) is 1. The molecule has 0 amide bonds. The van der Waals surface area contributed by atoms with Gasteiger partial charge in [0.15, 0.2) is 0 Å². The molecule has 0 saturated heterocycles. The van der Waals surface area contributed by atoms with E-state index in [9.17, 15) is 4.79 Å². The topological polar surface area (TPSA) is 42.1 Å². The molecule has 88 valence electrons. The van der Waals surface area contributed by atoms with Gasteiger partial charge in [0.05, 0.1) is 7.11 Å². The SMILES string of the molecule is CC/C(=C\c1c(C)[nH]c(C)c1C)C(=O)OC. The molecule has 0 fully saturated rings. The molecule has 0 bridgehead atoms. The molecular weight excluding hydrogens is 202 g/mol. The van der Waals surface area contributed by atoms with Gasteiger partial charge in [0.1, 0.15) is 0 Å². The van der Waals surface area contributed by atoms with Gasteiger partial charge in [-0.15, -0.1) is 0 Å². The highest BCUT2D eigenvalue weighted by Gasteiger charge is 2.11. The fourth-order valence-corrected chi connectivity index (χ4v) is 1.75. The molecule has 16 heavy (non-hydrogen) atoms. The number of rotatable bonds is 3. The van der Waals surface area contributed by atoms with Crippen molar-refractivity contribution in [3.63, 3.8) is 0 Å². The Kier molecular flexibility index (Phi) is 3.93. The first-order valence-electron chi connectivity index (χ1n) is 5.45. The van der Waals surface area contributed by atoms with Crippen LogP contribution >= 0.6 is 0 Å². The molecule has 0 unspecified atom stereocenters. The first-order valence-corrected chi connectivity index (χ1v) is 5.45. The maximum atomic E-state index is 11.5. The molecule has 1 aromatic heterocycles. The third-order valence-electron chi connectivity index (χ3n) is 2.89. The Bertz CT molecular complexity index is 427. The van der Waals surface area contributed by atoms with Crippen LogP contribution in [0.25, 0.3) is 6.08 Å². The number of carbonyl (C=O) groups is 1. The van der Waals surface area contributed by atoms with Crippen molar-refractivity contribution in [1.29, 1.82) is 0 Å². The Labute approximate surface area is 96.5 Å².